The fourth-order valence-corrected chi connectivity index (χ4v) is 2.82. The first kappa shape index (κ1) is 16.0. The van der Waals surface area contributed by atoms with E-state index < -0.39 is 5.41 Å². The van der Waals surface area contributed by atoms with Crippen molar-refractivity contribution in [3.05, 3.63) is 35.4 Å². The molecular weight excluding hydrogens is 264 g/mol. The maximum atomic E-state index is 12.5. The molecule has 0 aromatic heterocycles. The first-order valence-electron chi connectivity index (χ1n) is 7.95. The van der Waals surface area contributed by atoms with Gasteiger partial charge in [-0.1, -0.05) is 30.7 Å². The lowest BCUT2D eigenvalue weighted by Gasteiger charge is -2.28. The van der Waals surface area contributed by atoms with Crippen molar-refractivity contribution in [3.63, 3.8) is 0 Å². The molecule has 0 saturated heterocycles. The van der Waals surface area contributed by atoms with Gasteiger partial charge >= 0.3 is 5.97 Å². The van der Waals surface area contributed by atoms with E-state index in [1.54, 1.807) is 0 Å². The molecule has 0 heterocycles. The number of rotatable bonds is 5. The number of aliphatic hydroxyl groups is 1. The average molecular weight is 290 g/mol. The van der Waals surface area contributed by atoms with Crippen LogP contribution in [0.25, 0.3) is 0 Å². The Morgan fingerprint density at radius 2 is 1.81 bits per heavy atom. The second-order valence-corrected chi connectivity index (χ2v) is 6.46. The smallest absolute Gasteiger partial charge is 0.316 e. The van der Waals surface area contributed by atoms with Crippen molar-refractivity contribution in [2.24, 2.45) is 0 Å². The van der Waals surface area contributed by atoms with Crippen LogP contribution in [0.1, 0.15) is 57.1 Å². The molecule has 0 amide bonds. The molecule has 1 fully saturated rings. The molecule has 1 aromatic carbocycles. The molecule has 116 valence electrons. The number of esters is 1. The highest BCUT2D eigenvalue weighted by molar-refractivity contribution is 5.82. The number of carbonyl (C=O) groups is 1. The van der Waals surface area contributed by atoms with Crippen molar-refractivity contribution >= 4 is 5.97 Å². The molecule has 1 saturated carbocycles. The van der Waals surface area contributed by atoms with E-state index in [-0.39, 0.29) is 18.7 Å². The van der Waals surface area contributed by atoms with Gasteiger partial charge < -0.3 is 9.84 Å². The zero-order valence-corrected chi connectivity index (χ0v) is 13.1. The largest absolute Gasteiger partial charge is 0.462 e. The Morgan fingerprint density at radius 1 is 1.19 bits per heavy atom. The molecule has 1 N–H and O–H groups in total. The van der Waals surface area contributed by atoms with Crippen molar-refractivity contribution in [1.29, 1.82) is 0 Å². The normalized spacial score (nSPS) is 16.7. The van der Waals surface area contributed by atoms with Crippen molar-refractivity contribution in [1.82, 2.24) is 0 Å². The third-order valence-electron chi connectivity index (χ3n) is 4.41. The molecule has 0 aliphatic heterocycles. The SMILES string of the molecule is CC(C)(C(=O)OC1CCCCC1)c1ccc(CCO)cc1. The molecule has 0 spiro atoms. The fraction of sp³-hybridized carbons (Fsp3) is 0.611. The van der Waals surface area contributed by atoms with Crippen LogP contribution in [0.3, 0.4) is 0 Å². The molecule has 1 aliphatic rings. The van der Waals surface area contributed by atoms with Gasteiger partial charge in [-0.25, -0.2) is 0 Å². The third kappa shape index (κ3) is 4.07. The number of ether oxygens (including phenoxy) is 1. The maximum absolute atomic E-state index is 12.5. The summed E-state index contributed by atoms with van der Waals surface area (Å²) in [5.41, 5.74) is 1.41. The summed E-state index contributed by atoms with van der Waals surface area (Å²) in [5, 5.41) is 8.95. The zero-order valence-electron chi connectivity index (χ0n) is 13.1. The van der Waals surface area contributed by atoms with E-state index in [9.17, 15) is 4.79 Å². The summed E-state index contributed by atoms with van der Waals surface area (Å²) in [6, 6.07) is 7.88. The maximum Gasteiger partial charge on any atom is 0.316 e. The van der Waals surface area contributed by atoms with E-state index in [0.717, 1.165) is 36.8 Å². The predicted octanol–water partition coefficient (Wildman–Crippen LogP) is 3.37. The number of carbonyl (C=O) groups excluding carboxylic acids is 1. The minimum absolute atomic E-state index is 0.0965. The van der Waals surface area contributed by atoms with Gasteiger partial charge in [0.25, 0.3) is 0 Å². The molecule has 0 unspecified atom stereocenters. The Labute approximate surface area is 127 Å². The van der Waals surface area contributed by atoms with Crippen LogP contribution in [0.5, 0.6) is 0 Å². The summed E-state index contributed by atoms with van der Waals surface area (Å²) >= 11 is 0. The highest BCUT2D eigenvalue weighted by Crippen LogP contribution is 2.28. The van der Waals surface area contributed by atoms with Crippen molar-refractivity contribution in [2.75, 3.05) is 6.61 Å². The molecule has 21 heavy (non-hydrogen) atoms. The van der Waals surface area contributed by atoms with E-state index in [2.05, 4.69) is 0 Å². The summed E-state index contributed by atoms with van der Waals surface area (Å²) in [6.07, 6.45) is 6.31. The molecular formula is C18H26O3. The summed E-state index contributed by atoms with van der Waals surface area (Å²) in [4.78, 5) is 12.5. The molecule has 0 atom stereocenters. The van der Waals surface area contributed by atoms with Crippen LogP contribution in [-0.2, 0) is 21.4 Å². The Hall–Kier alpha value is -1.35. The van der Waals surface area contributed by atoms with Crippen LogP contribution in [0.2, 0.25) is 0 Å². The minimum Gasteiger partial charge on any atom is -0.462 e. The van der Waals surface area contributed by atoms with Gasteiger partial charge in [0.05, 0.1) is 5.41 Å². The number of hydrogen-bond donors (Lipinski definition) is 1. The fourth-order valence-electron chi connectivity index (χ4n) is 2.82. The van der Waals surface area contributed by atoms with Crippen LogP contribution in [0.15, 0.2) is 24.3 Å². The van der Waals surface area contributed by atoms with E-state index in [4.69, 9.17) is 9.84 Å². The Bertz CT molecular complexity index is 456. The van der Waals surface area contributed by atoms with Crippen molar-refractivity contribution < 1.29 is 14.6 Å². The summed E-state index contributed by atoms with van der Waals surface area (Å²) in [6.45, 7) is 3.98. The van der Waals surface area contributed by atoms with Gasteiger partial charge in [0.1, 0.15) is 6.10 Å². The van der Waals surface area contributed by atoms with E-state index in [0.29, 0.717) is 6.42 Å². The lowest BCUT2D eigenvalue weighted by atomic mass is 9.84. The molecule has 0 bridgehead atoms. The second-order valence-electron chi connectivity index (χ2n) is 6.46. The number of hydrogen-bond acceptors (Lipinski definition) is 3. The van der Waals surface area contributed by atoms with E-state index in [1.165, 1.54) is 6.42 Å². The second kappa shape index (κ2) is 7.08. The van der Waals surface area contributed by atoms with Gasteiger partial charge in [-0.2, -0.15) is 0 Å². The summed E-state index contributed by atoms with van der Waals surface area (Å²) in [5.74, 6) is -0.135. The molecule has 1 aromatic rings. The predicted molar refractivity (Wildman–Crippen MR) is 83.2 cm³/mol. The van der Waals surface area contributed by atoms with Crippen LogP contribution in [0, 0.1) is 0 Å². The topological polar surface area (TPSA) is 46.5 Å². The quantitative estimate of drug-likeness (QED) is 0.846. The highest BCUT2D eigenvalue weighted by atomic mass is 16.5. The van der Waals surface area contributed by atoms with E-state index >= 15 is 0 Å². The molecule has 3 nitrogen and oxygen atoms in total. The Morgan fingerprint density at radius 3 is 2.38 bits per heavy atom. The van der Waals surface area contributed by atoms with Gasteiger partial charge in [-0.05, 0) is 57.1 Å². The van der Waals surface area contributed by atoms with Gasteiger partial charge in [0, 0.05) is 6.61 Å². The van der Waals surface area contributed by atoms with Gasteiger partial charge in [0.15, 0.2) is 0 Å². The van der Waals surface area contributed by atoms with Gasteiger partial charge in [-0.3, -0.25) is 4.79 Å². The standard InChI is InChI=1S/C18H26O3/c1-18(2,15-10-8-14(9-11-15)12-13-19)17(20)21-16-6-4-3-5-7-16/h8-11,16,19H,3-7,12-13H2,1-2H3. The Balaban J connectivity index is 2.03. The number of aliphatic hydroxyl groups excluding tert-OH is 1. The molecule has 1 aliphatic carbocycles. The van der Waals surface area contributed by atoms with Crippen molar-refractivity contribution in [3.8, 4) is 0 Å². The average Bonchev–Trinajstić information content (AvgIpc) is 2.49. The molecule has 2 rings (SSSR count). The van der Waals surface area contributed by atoms with Crippen molar-refractivity contribution in [2.45, 2.75) is 63.9 Å². The van der Waals surface area contributed by atoms with Gasteiger partial charge in [-0.15, -0.1) is 0 Å². The summed E-state index contributed by atoms with van der Waals surface area (Å²) < 4.78 is 5.71. The van der Waals surface area contributed by atoms with E-state index in [1.807, 2.05) is 38.1 Å². The third-order valence-corrected chi connectivity index (χ3v) is 4.41. The van der Waals surface area contributed by atoms with Crippen LogP contribution in [0.4, 0.5) is 0 Å². The monoisotopic (exact) mass is 290 g/mol. The van der Waals surface area contributed by atoms with Crippen LogP contribution < -0.4 is 0 Å². The number of benzene rings is 1. The van der Waals surface area contributed by atoms with Crippen LogP contribution in [-0.4, -0.2) is 23.8 Å². The first-order valence-corrected chi connectivity index (χ1v) is 7.95. The minimum atomic E-state index is -0.630. The summed E-state index contributed by atoms with van der Waals surface area (Å²) in [7, 11) is 0. The molecule has 0 radical (unpaired) electrons. The van der Waals surface area contributed by atoms with Gasteiger partial charge in [0.2, 0.25) is 0 Å². The lowest BCUT2D eigenvalue weighted by Crippen LogP contribution is -2.34. The molecule has 3 heteroatoms. The zero-order chi connectivity index (χ0) is 15.3. The first-order chi connectivity index (χ1) is 10.0. The van der Waals surface area contributed by atoms with Crippen LogP contribution >= 0.6 is 0 Å². The Kier molecular flexibility index (Phi) is 5.40. The highest BCUT2D eigenvalue weighted by Gasteiger charge is 2.33. The lowest BCUT2D eigenvalue weighted by molar-refractivity contribution is -0.156.